The molecule has 1 aliphatic rings. The molecule has 1 aromatic heterocycles. The van der Waals surface area contributed by atoms with Gasteiger partial charge in [-0.05, 0) is 6.07 Å². The number of thioether (sulfide) groups is 1. The monoisotopic (exact) mass is 305 g/mol. The molecule has 1 aliphatic heterocycles. The van der Waals surface area contributed by atoms with Crippen LogP contribution >= 0.6 is 11.8 Å². The summed E-state index contributed by atoms with van der Waals surface area (Å²) in [6, 6.07) is 5.69. The predicted octanol–water partition coefficient (Wildman–Crippen LogP) is 2.20. The third-order valence-corrected chi connectivity index (χ3v) is 4.59. The van der Waals surface area contributed by atoms with Crippen molar-refractivity contribution >= 4 is 23.5 Å². The largest absolute Gasteiger partial charge is 0.497 e. The van der Waals surface area contributed by atoms with Gasteiger partial charge in [-0.2, -0.15) is 5.10 Å². The van der Waals surface area contributed by atoms with Crippen molar-refractivity contribution in [3.05, 3.63) is 35.5 Å². The molecular weight excluding hydrogens is 290 g/mol. The number of aromatic amines is 1. The number of carbonyl (C=O) groups is 1. The molecule has 0 saturated heterocycles. The van der Waals surface area contributed by atoms with Gasteiger partial charge in [0.1, 0.15) is 17.3 Å². The van der Waals surface area contributed by atoms with Crippen LogP contribution in [-0.2, 0) is 4.79 Å². The maximum atomic E-state index is 11.7. The van der Waals surface area contributed by atoms with Crippen molar-refractivity contribution in [2.45, 2.75) is 5.25 Å². The van der Waals surface area contributed by atoms with Crippen molar-refractivity contribution in [3.63, 3.8) is 0 Å². The van der Waals surface area contributed by atoms with Gasteiger partial charge in [0.15, 0.2) is 0 Å². The van der Waals surface area contributed by atoms with Gasteiger partial charge in [-0.3, -0.25) is 9.89 Å². The van der Waals surface area contributed by atoms with Crippen molar-refractivity contribution in [1.82, 2.24) is 10.2 Å². The quantitative estimate of drug-likeness (QED) is 0.909. The van der Waals surface area contributed by atoms with Crippen LogP contribution in [0.3, 0.4) is 0 Å². The molecule has 0 bridgehead atoms. The van der Waals surface area contributed by atoms with E-state index in [1.54, 1.807) is 32.2 Å². The van der Waals surface area contributed by atoms with Crippen LogP contribution in [0, 0.1) is 0 Å². The highest BCUT2D eigenvalue weighted by Gasteiger charge is 2.27. The molecule has 7 heteroatoms. The highest BCUT2D eigenvalue weighted by atomic mass is 32.2. The lowest BCUT2D eigenvalue weighted by Gasteiger charge is -2.17. The van der Waals surface area contributed by atoms with Gasteiger partial charge in [-0.1, -0.05) is 6.07 Å². The Bertz CT molecular complexity index is 671. The molecule has 1 atom stereocenters. The van der Waals surface area contributed by atoms with Crippen LogP contribution in [0.4, 0.5) is 5.82 Å². The normalized spacial score (nSPS) is 17.6. The Hall–Kier alpha value is -2.15. The summed E-state index contributed by atoms with van der Waals surface area (Å²) in [4.78, 5) is 11.7. The number of H-pyrrole nitrogens is 1. The van der Waals surface area contributed by atoms with E-state index in [0.29, 0.717) is 11.6 Å². The molecule has 2 N–H and O–H groups in total. The average molecular weight is 305 g/mol. The van der Waals surface area contributed by atoms with Crippen molar-refractivity contribution in [2.75, 3.05) is 25.3 Å². The van der Waals surface area contributed by atoms with Crippen LogP contribution in [0.25, 0.3) is 0 Å². The zero-order valence-corrected chi connectivity index (χ0v) is 12.5. The highest BCUT2D eigenvalue weighted by Crippen LogP contribution is 2.44. The Morgan fingerprint density at radius 1 is 1.29 bits per heavy atom. The Morgan fingerprint density at radius 3 is 2.90 bits per heavy atom. The van der Waals surface area contributed by atoms with Gasteiger partial charge >= 0.3 is 0 Å². The van der Waals surface area contributed by atoms with Gasteiger partial charge < -0.3 is 14.8 Å². The third-order valence-electron chi connectivity index (χ3n) is 3.32. The van der Waals surface area contributed by atoms with Crippen LogP contribution in [0.1, 0.15) is 16.4 Å². The van der Waals surface area contributed by atoms with Gasteiger partial charge in [-0.15, -0.1) is 11.8 Å². The number of amides is 1. The summed E-state index contributed by atoms with van der Waals surface area (Å²) < 4.78 is 10.7. The number of aromatic nitrogens is 2. The summed E-state index contributed by atoms with van der Waals surface area (Å²) in [5.74, 6) is 2.44. The fourth-order valence-corrected chi connectivity index (χ4v) is 3.43. The minimum Gasteiger partial charge on any atom is -0.497 e. The fourth-order valence-electron chi connectivity index (χ4n) is 2.31. The standard InChI is InChI=1S/C14H15N3O3S/c1-19-8-3-4-9(11(5-8)20-2)13-10-6-15-17-14(10)16-12(18)7-21-13/h3-6,13H,7H2,1-2H3,(H2,15,16,17,18). The number of nitrogens with zero attached hydrogens (tertiary/aromatic N) is 1. The number of ether oxygens (including phenoxy) is 2. The van der Waals surface area contributed by atoms with E-state index in [9.17, 15) is 4.79 Å². The predicted molar refractivity (Wildman–Crippen MR) is 81.1 cm³/mol. The van der Waals surface area contributed by atoms with Gasteiger partial charge in [0.05, 0.1) is 31.4 Å². The first kappa shape index (κ1) is 13.8. The van der Waals surface area contributed by atoms with E-state index in [2.05, 4.69) is 15.5 Å². The molecule has 110 valence electrons. The summed E-state index contributed by atoms with van der Waals surface area (Å²) >= 11 is 1.54. The molecule has 1 aromatic carbocycles. The second-order valence-corrected chi connectivity index (χ2v) is 5.64. The molecule has 0 aliphatic carbocycles. The second kappa shape index (κ2) is 5.69. The minimum absolute atomic E-state index is 0.0291. The van der Waals surface area contributed by atoms with Crippen molar-refractivity contribution < 1.29 is 14.3 Å². The number of fused-ring (bicyclic) bond motifs is 1. The van der Waals surface area contributed by atoms with E-state index in [4.69, 9.17) is 9.47 Å². The molecule has 0 fully saturated rings. The fraction of sp³-hybridized carbons (Fsp3) is 0.286. The molecule has 0 saturated carbocycles. The smallest absolute Gasteiger partial charge is 0.235 e. The van der Waals surface area contributed by atoms with E-state index in [1.807, 2.05) is 18.2 Å². The zero-order chi connectivity index (χ0) is 14.8. The van der Waals surface area contributed by atoms with E-state index in [1.165, 1.54) is 0 Å². The van der Waals surface area contributed by atoms with E-state index in [0.717, 1.165) is 22.6 Å². The molecule has 3 rings (SSSR count). The van der Waals surface area contributed by atoms with E-state index >= 15 is 0 Å². The van der Waals surface area contributed by atoms with Crippen LogP contribution in [0.15, 0.2) is 24.4 Å². The molecule has 6 nitrogen and oxygen atoms in total. The van der Waals surface area contributed by atoms with Gasteiger partial charge in [0, 0.05) is 17.2 Å². The lowest BCUT2D eigenvalue weighted by Crippen LogP contribution is -2.12. The minimum atomic E-state index is -0.0412. The number of anilines is 1. The topological polar surface area (TPSA) is 76.2 Å². The lowest BCUT2D eigenvalue weighted by atomic mass is 10.1. The van der Waals surface area contributed by atoms with Gasteiger partial charge in [0.25, 0.3) is 0 Å². The van der Waals surface area contributed by atoms with Crippen molar-refractivity contribution in [3.8, 4) is 11.5 Å². The number of hydrogen-bond donors (Lipinski definition) is 2. The average Bonchev–Trinajstić information content (AvgIpc) is 2.89. The van der Waals surface area contributed by atoms with Gasteiger partial charge in [0.2, 0.25) is 5.91 Å². The first-order valence-corrected chi connectivity index (χ1v) is 7.44. The first-order chi connectivity index (χ1) is 10.2. The Morgan fingerprint density at radius 2 is 2.14 bits per heavy atom. The molecule has 2 aromatic rings. The summed E-state index contributed by atoms with van der Waals surface area (Å²) in [6.07, 6.45) is 1.74. The van der Waals surface area contributed by atoms with Crippen LogP contribution in [0.2, 0.25) is 0 Å². The SMILES string of the molecule is COc1ccc(C2SCC(=O)Nc3[nH]ncc32)c(OC)c1. The maximum absolute atomic E-state index is 11.7. The summed E-state index contributed by atoms with van der Waals surface area (Å²) in [5.41, 5.74) is 1.93. The maximum Gasteiger partial charge on any atom is 0.235 e. The molecule has 21 heavy (non-hydrogen) atoms. The zero-order valence-electron chi connectivity index (χ0n) is 11.7. The number of benzene rings is 1. The van der Waals surface area contributed by atoms with Crippen molar-refractivity contribution in [2.24, 2.45) is 0 Å². The van der Waals surface area contributed by atoms with Crippen molar-refractivity contribution in [1.29, 1.82) is 0 Å². The summed E-state index contributed by atoms with van der Waals surface area (Å²) in [5, 5.41) is 9.64. The van der Waals surface area contributed by atoms with Crippen LogP contribution in [-0.4, -0.2) is 36.1 Å². The summed E-state index contributed by atoms with van der Waals surface area (Å²) in [6.45, 7) is 0. The van der Waals surface area contributed by atoms with Gasteiger partial charge in [-0.25, -0.2) is 0 Å². The number of nitrogens with one attached hydrogen (secondary N) is 2. The Kier molecular flexibility index (Phi) is 3.74. The Balaban J connectivity index is 2.06. The first-order valence-electron chi connectivity index (χ1n) is 6.39. The lowest BCUT2D eigenvalue weighted by molar-refractivity contribution is -0.113. The van der Waals surface area contributed by atoms with Crippen LogP contribution in [0.5, 0.6) is 11.5 Å². The van der Waals surface area contributed by atoms with E-state index in [-0.39, 0.29) is 11.2 Å². The Labute approximate surface area is 126 Å². The molecule has 0 spiro atoms. The van der Waals surface area contributed by atoms with E-state index < -0.39 is 0 Å². The second-order valence-electron chi connectivity index (χ2n) is 4.55. The molecule has 1 amide bonds. The molecular formula is C14H15N3O3S. The van der Waals surface area contributed by atoms with Crippen LogP contribution < -0.4 is 14.8 Å². The molecule has 2 heterocycles. The highest BCUT2D eigenvalue weighted by molar-refractivity contribution is 8.00. The summed E-state index contributed by atoms with van der Waals surface area (Å²) in [7, 11) is 3.24. The molecule has 0 radical (unpaired) electrons. The molecule has 1 unspecified atom stereocenters. The third kappa shape index (κ3) is 2.56. The number of methoxy groups -OCH3 is 2. The number of hydrogen-bond acceptors (Lipinski definition) is 5. The number of rotatable bonds is 3. The number of carbonyl (C=O) groups excluding carboxylic acids is 1.